The van der Waals surface area contributed by atoms with Gasteiger partial charge in [0.05, 0.1) is 0 Å². The normalized spacial score (nSPS) is 11.9. The standard InChI is InChI=1S/C32H19N3Se/c1-3-12-26-24(11-1)31-32(35-17-6-5-14-29(35)34-31)30(33-26)22-9-7-8-20(18-22)21-15-16-28-25(19-21)23-10-2-4-13-27(23)36-28/h1-19H. The molecule has 0 saturated heterocycles. The monoisotopic (exact) mass is 525 g/mol. The van der Waals surface area contributed by atoms with Gasteiger partial charge in [-0.2, -0.15) is 0 Å². The SMILES string of the molecule is c1cc(-c2ccc3[se]c4ccccc4c3c2)cc(-c2nc3ccccc3c3nc4ccccn4c23)c1. The fraction of sp³-hybridized carbons (Fsp3) is 0. The topological polar surface area (TPSA) is 30.2 Å². The number of para-hydroxylation sites is 1. The molecule has 0 aliphatic rings. The van der Waals surface area contributed by atoms with Crippen molar-refractivity contribution in [3.63, 3.8) is 0 Å². The van der Waals surface area contributed by atoms with Gasteiger partial charge in [0.1, 0.15) is 0 Å². The number of nitrogens with zero attached hydrogens (tertiary/aromatic N) is 3. The van der Waals surface area contributed by atoms with Crippen LogP contribution in [0.25, 0.3) is 69.3 Å². The molecule has 4 heterocycles. The van der Waals surface area contributed by atoms with Gasteiger partial charge in [-0.15, -0.1) is 0 Å². The van der Waals surface area contributed by atoms with Gasteiger partial charge in [0.2, 0.25) is 0 Å². The predicted octanol–water partition coefficient (Wildman–Crippen LogP) is 7.73. The van der Waals surface area contributed by atoms with Crippen molar-refractivity contribution < 1.29 is 0 Å². The first-order valence-electron chi connectivity index (χ1n) is 12.0. The first kappa shape index (κ1) is 20.0. The zero-order chi connectivity index (χ0) is 23.6. The van der Waals surface area contributed by atoms with Crippen LogP contribution in [0.3, 0.4) is 0 Å². The van der Waals surface area contributed by atoms with Crippen LogP contribution in [0.1, 0.15) is 0 Å². The number of fused-ring (bicyclic) bond motifs is 8. The van der Waals surface area contributed by atoms with Crippen LogP contribution in [-0.2, 0) is 0 Å². The molecule has 3 nitrogen and oxygen atoms in total. The number of rotatable bonds is 2. The van der Waals surface area contributed by atoms with E-state index in [1.54, 1.807) is 0 Å². The molecule has 168 valence electrons. The van der Waals surface area contributed by atoms with E-state index in [2.05, 4.69) is 102 Å². The maximum atomic E-state index is 5.16. The molecule has 0 aliphatic carbocycles. The summed E-state index contributed by atoms with van der Waals surface area (Å²) in [6.45, 7) is 0. The molecule has 4 heteroatoms. The Hall–Kier alpha value is -4.24. The van der Waals surface area contributed by atoms with Gasteiger partial charge in [-0.25, -0.2) is 0 Å². The van der Waals surface area contributed by atoms with Crippen molar-refractivity contribution >= 4 is 61.4 Å². The van der Waals surface area contributed by atoms with E-state index >= 15 is 0 Å². The molecule has 4 aromatic carbocycles. The van der Waals surface area contributed by atoms with Crippen LogP contribution in [0.15, 0.2) is 115 Å². The summed E-state index contributed by atoms with van der Waals surface area (Å²) in [5.74, 6) is 0. The van der Waals surface area contributed by atoms with Gasteiger partial charge in [0.25, 0.3) is 0 Å². The third-order valence-corrected chi connectivity index (χ3v) is 9.41. The fourth-order valence-electron chi connectivity index (χ4n) is 5.31. The third kappa shape index (κ3) is 2.92. The van der Waals surface area contributed by atoms with Crippen molar-refractivity contribution in [1.29, 1.82) is 0 Å². The van der Waals surface area contributed by atoms with Gasteiger partial charge < -0.3 is 0 Å². The summed E-state index contributed by atoms with van der Waals surface area (Å²) in [4.78, 5) is 10.2. The van der Waals surface area contributed by atoms with Gasteiger partial charge >= 0.3 is 201 Å². The summed E-state index contributed by atoms with van der Waals surface area (Å²) < 4.78 is 5.10. The Morgan fingerprint density at radius 3 is 2.31 bits per heavy atom. The number of hydrogen-bond acceptors (Lipinski definition) is 2. The van der Waals surface area contributed by atoms with E-state index in [-0.39, 0.29) is 0 Å². The number of imidazole rings is 1. The molecule has 0 bridgehead atoms. The average Bonchev–Trinajstić information content (AvgIpc) is 3.51. The van der Waals surface area contributed by atoms with Crippen LogP contribution < -0.4 is 0 Å². The molecule has 0 radical (unpaired) electrons. The molecule has 0 atom stereocenters. The van der Waals surface area contributed by atoms with Gasteiger partial charge in [0, 0.05) is 0 Å². The Kier molecular flexibility index (Phi) is 4.24. The molecule has 0 aliphatic heterocycles. The van der Waals surface area contributed by atoms with Crippen LogP contribution in [0.5, 0.6) is 0 Å². The summed E-state index contributed by atoms with van der Waals surface area (Å²) in [7, 11) is 0. The van der Waals surface area contributed by atoms with Crippen molar-refractivity contribution in [2.75, 3.05) is 0 Å². The zero-order valence-corrected chi connectivity index (χ0v) is 20.9. The maximum absolute atomic E-state index is 5.16. The zero-order valence-electron chi connectivity index (χ0n) is 19.2. The van der Waals surface area contributed by atoms with Crippen molar-refractivity contribution in [2.45, 2.75) is 0 Å². The van der Waals surface area contributed by atoms with Crippen molar-refractivity contribution in [3.8, 4) is 22.4 Å². The molecule has 0 fully saturated rings. The number of aromatic nitrogens is 3. The number of benzene rings is 4. The average molecular weight is 524 g/mol. The minimum absolute atomic E-state index is 0.385. The molecular formula is C32H19N3Se. The molecule has 0 amide bonds. The van der Waals surface area contributed by atoms with Crippen LogP contribution in [-0.4, -0.2) is 28.9 Å². The van der Waals surface area contributed by atoms with Crippen LogP contribution in [0, 0.1) is 0 Å². The summed E-state index contributed by atoms with van der Waals surface area (Å²) in [6.07, 6.45) is 2.08. The van der Waals surface area contributed by atoms with Crippen LogP contribution >= 0.6 is 0 Å². The van der Waals surface area contributed by atoms with Crippen molar-refractivity contribution in [2.24, 2.45) is 0 Å². The molecule has 0 N–H and O–H groups in total. The fourth-order valence-corrected chi connectivity index (χ4v) is 7.59. The molecule has 4 aromatic heterocycles. The van der Waals surface area contributed by atoms with Gasteiger partial charge in [0.15, 0.2) is 0 Å². The summed E-state index contributed by atoms with van der Waals surface area (Å²) in [6, 6.07) is 38.9. The Morgan fingerprint density at radius 1 is 0.556 bits per heavy atom. The third-order valence-electron chi connectivity index (χ3n) is 6.99. The molecule has 0 saturated carbocycles. The van der Waals surface area contributed by atoms with Gasteiger partial charge in [-0.1, -0.05) is 12.1 Å². The second-order valence-electron chi connectivity index (χ2n) is 9.11. The second-order valence-corrected chi connectivity index (χ2v) is 11.4. The molecule has 36 heavy (non-hydrogen) atoms. The van der Waals surface area contributed by atoms with E-state index in [0.29, 0.717) is 14.5 Å². The predicted molar refractivity (Wildman–Crippen MR) is 151 cm³/mol. The van der Waals surface area contributed by atoms with E-state index in [9.17, 15) is 0 Å². The van der Waals surface area contributed by atoms with E-state index in [4.69, 9.17) is 9.97 Å². The second kappa shape index (κ2) is 7.63. The summed E-state index contributed by atoms with van der Waals surface area (Å²) >= 11 is 0.385. The molecule has 0 unspecified atom stereocenters. The van der Waals surface area contributed by atoms with E-state index in [1.165, 1.54) is 30.4 Å². The van der Waals surface area contributed by atoms with E-state index in [1.807, 2.05) is 18.2 Å². The van der Waals surface area contributed by atoms with Gasteiger partial charge in [-0.05, 0) is 0 Å². The Bertz CT molecular complexity index is 2120. The number of hydrogen-bond donors (Lipinski definition) is 0. The molecule has 0 spiro atoms. The Balaban J connectivity index is 1.38. The van der Waals surface area contributed by atoms with Crippen molar-refractivity contribution in [1.82, 2.24) is 14.4 Å². The van der Waals surface area contributed by atoms with Crippen molar-refractivity contribution in [3.05, 3.63) is 115 Å². The van der Waals surface area contributed by atoms with E-state index < -0.39 is 0 Å². The molecule has 8 aromatic rings. The first-order chi connectivity index (χ1) is 17.8. The number of pyridine rings is 2. The van der Waals surface area contributed by atoms with E-state index in [0.717, 1.165) is 38.8 Å². The van der Waals surface area contributed by atoms with Crippen LogP contribution in [0.4, 0.5) is 0 Å². The minimum atomic E-state index is 0.385. The van der Waals surface area contributed by atoms with Gasteiger partial charge in [-0.3, -0.25) is 0 Å². The summed E-state index contributed by atoms with van der Waals surface area (Å²) in [5.41, 5.74) is 8.42. The quantitative estimate of drug-likeness (QED) is 0.217. The summed E-state index contributed by atoms with van der Waals surface area (Å²) in [5, 5.41) is 3.84. The molecule has 8 rings (SSSR count). The Labute approximate surface area is 213 Å². The molecular weight excluding hydrogens is 505 g/mol. The Morgan fingerprint density at radius 2 is 1.33 bits per heavy atom. The first-order valence-corrected chi connectivity index (χ1v) is 13.7. The van der Waals surface area contributed by atoms with Crippen LogP contribution in [0.2, 0.25) is 0 Å².